The van der Waals surface area contributed by atoms with Crippen LogP contribution < -0.4 is 5.32 Å². The molecule has 1 aromatic rings. The summed E-state index contributed by atoms with van der Waals surface area (Å²) in [6, 6.07) is 5.22. The van der Waals surface area contributed by atoms with Crippen LogP contribution in [-0.4, -0.2) is 41.7 Å². The predicted molar refractivity (Wildman–Crippen MR) is 71.1 cm³/mol. The van der Waals surface area contributed by atoms with Gasteiger partial charge in [0.05, 0.1) is 5.75 Å². The molecule has 20 heavy (non-hydrogen) atoms. The van der Waals surface area contributed by atoms with E-state index in [2.05, 4.69) is 5.32 Å². The maximum absolute atomic E-state index is 11.9. The van der Waals surface area contributed by atoms with Crippen molar-refractivity contribution >= 4 is 22.0 Å². The van der Waals surface area contributed by atoms with Gasteiger partial charge in [0.2, 0.25) is 0 Å². The smallest absolute Gasteiger partial charge is 0.326 e. The van der Waals surface area contributed by atoms with Crippen molar-refractivity contribution in [2.45, 2.75) is 19.4 Å². The molecule has 0 bridgehead atoms. The van der Waals surface area contributed by atoms with Gasteiger partial charge in [-0.05, 0) is 25.0 Å². The van der Waals surface area contributed by atoms with Gasteiger partial charge in [0.25, 0.3) is 16.0 Å². The first-order chi connectivity index (χ1) is 9.20. The van der Waals surface area contributed by atoms with E-state index < -0.39 is 40.2 Å². The maximum atomic E-state index is 11.9. The predicted octanol–water partition coefficient (Wildman–Crippen LogP) is 0.456. The Morgan fingerprint density at radius 1 is 1.30 bits per heavy atom. The number of carbonyl (C=O) groups excluding carboxylic acids is 1. The molecule has 0 heterocycles. The second kappa shape index (κ2) is 6.49. The van der Waals surface area contributed by atoms with Crippen LogP contribution in [0.3, 0.4) is 0 Å². The number of aliphatic carboxylic acids is 1. The molecule has 7 nitrogen and oxygen atoms in total. The number of rotatable bonds is 6. The summed E-state index contributed by atoms with van der Waals surface area (Å²) in [5.74, 6) is -2.71. The van der Waals surface area contributed by atoms with Gasteiger partial charge in [0.1, 0.15) is 6.04 Å². The molecule has 0 aliphatic heterocycles. The number of aryl methyl sites for hydroxylation is 1. The molecule has 0 aromatic heterocycles. The summed E-state index contributed by atoms with van der Waals surface area (Å²) in [5.41, 5.74) is 0.981. The lowest BCUT2D eigenvalue weighted by atomic mass is 10.1. The van der Waals surface area contributed by atoms with Crippen LogP contribution in [0.2, 0.25) is 0 Å². The van der Waals surface area contributed by atoms with Crippen LogP contribution in [0.5, 0.6) is 0 Å². The number of hydrogen-bond acceptors (Lipinski definition) is 4. The minimum Gasteiger partial charge on any atom is -0.480 e. The Bertz CT molecular complexity index is 610. The number of nitrogens with one attached hydrogen (secondary N) is 1. The fourth-order valence-corrected chi connectivity index (χ4v) is 2.12. The third-order valence-electron chi connectivity index (χ3n) is 2.66. The number of carboxylic acid groups (broad SMARTS) is 1. The largest absolute Gasteiger partial charge is 0.480 e. The van der Waals surface area contributed by atoms with Crippen LogP contribution in [-0.2, 0) is 14.9 Å². The lowest BCUT2D eigenvalue weighted by Crippen LogP contribution is -2.42. The highest BCUT2D eigenvalue weighted by Gasteiger charge is 2.23. The highest BCUT2D eigenvalue weighted by Crippen LogP contribution is 2.08. The zero-order chi connectivity index (χ0) is 15.3. The molecule has 0 radical (unpaired) electrons. The summed E-state index contributed by atoms with van der Waals surface area (Å²) < 4.78 is 29.8. The second-order valence-corrected chi connectivity index (χ2v) is 5.83. The molecule has 0 aliphatic rings. The monoisotopic (exact) mass is 301 g/mol. The molecule has 1 amide bonds. The van der Waals surface area contributed by atoms with Crippen molar-refractivity contribution in [3.63, 3.8) is 0 Å². The van der Waals surface area contributed by atoms with Gasteiger partial charge in [-0.1, -0.05) is 18.2 Å². The molecule has 0 fully saturated rings. The fourth-order valence-electron chi connectivity index (χ4n) is 1.59. The topological polar surface area (TPSA) is 121 Å². The highest BCUT2D eigenvalue weighted by molar-refractivity contribution is 7.85. The van der Waals surface area contributed by atoms with Crippen LogP contribution in [0.15, 0.2) is 24.3 Å². The Morgan fingerprint density at radius 2 is 1.90 bits per heavy atom. The van der Waals surface area contributed by atoms with Crippen LogP contribution in [0, 0.1) is 6.92 Å². The minimum atomic E-state index is -4.28. The molecule has 0 unspecified atom stereocenters. The number of carbonyl (C=O) groups is 2. The van der Waals surface area contributed by atoms with E-state index in [0.717, 1.165) is 0 Å². The first-order valence-corrected chi connectivity index (χ1v) is 7.36. The third-order valence-corrected chi connectivity index (χ3v) is 3.41. The first-order valence-electron chi connectivity index (χ1n) is 5.75. The van der Waals surface area contributed by atoms with Gasteiger partial charge < -0.3 is 10.4 Å². The van der Waals surface area contributed by atoms with Gasteiger partial charge in [-0.3, -0.25) is 9.35 Å². The average molecular weight is 301 g/mol. The van der Waals surface area contributed by atoms with Crippen LogP contribution in [0.4, 0.5) is 0 Å². The van der Waals surface area contributed by atoms with Gasteiger partial charge in [-0.2, -0.15) is 8.42 Å². The Hall–Kier alpha value is -1.93. The van der Waals surface area contributed by atoms with Gasteiger partial charge in [0.15, 0.2) is 0 Å². The molecule has 1 rings (SSSR count). The minimum absolute atomic E-state index is 0.311. The normalized spacial score (nSPS) is 12.7. The fraction of sp³-hybridized carbons (Fsp3) is 0.333. The van der Waals surface area contributed by atoms with Crippen molar-refractivity contribution in [1.82, 2.24) is 5.32 Å². The molecule has 0 saturated heterocycles. The summed E-state index contributed by atoms with van der Waals surface area (Å²) in [4.78, 5) is 22.9. The van der Waals surface area contributed by atoms with Gasteiger partial charge in [-0.15, -0.1) is 0 Å². The molecule has 0 aliphatic carbocycles. The number of amides is 1. The van der Waals surface area contributed by atoms with E-state index in [4.69, 9.17) is 9.66 Å². The highest BCUT2D eigenvalue weighted by atomic mass is 32.2. The summed E-state index contributed by atoms with van der Waals surface area (Å²) in [5, 5.41) is 11.2. The van der Waals surface area contributed by atoms with Crippen molar-refractivity contribution in [1.29, 1.82) is 0 Å². The van der Waals surface area contributed by atoms with E-state index in [1.807, 2.05) is 0 Å². The van der Waals surface area contributed by atoms with E-state index in [-0.39, 0.29) is 0 Å². The van der Waals surface area contributed by atoms with Crippen molar-refractivity contribution in [3.8, 4) is 0 Å². The molecule has 8 heteroatoms. The standard InChI is InChI=1S/C12H15NO6S/c1-8-4-2-3-5-9(8)11(14)13-10(12(15)16)6-7-20(17,18)19/h2-5,10H,6-7H2,1H3,(H,13,14)(H,15,16)(H,17,18,19)/t10-/m0/s1. The molecule has 1 aromatic carbocycles. The van der Waals surface area contributed by atoms with Crippen molar-refractivity contribution in [3.05, 3.63) is 35.4 Å². The Kier molecular flexibility index (Phi) is 5.23. The summed E-state index contributed by atoms with van der Waals surface area (Å²) in [6.07, 6.45) is -0.411. The lowest BCUT2D eigenvalue weighted by Gasteiger charge is -2.14. The van der Waals surface area contributed by atoms with E-state index >= 15 is 0 Å². The molecule has 0 spiro atoms. The number of benzene rings is 1. The molecular formula is C12H15NO6S. The van der Waals surface area contributed by atoms with Crippen molar-refractivity contribution in [2.24, 2.45) is 0 Å². The maximum Gasteiger partial charge on any atom is 0.326 e. The van der Waals surface area contributed by atoms with E-state index in [0.29, 0.717) is 11.1 Å². The first kappa shape index (κ1) is 16.1. The molecule has 3 N–H and O–H groups in total. The third kappa shape index (κ3) is 4.98. The Morgan fingerprint density at radius 3 is 2.40 bits per heavy atom. The van der Waals surface area contributed by atoms with E-state index in [9.17, 15) is 18.0 Å². The van der Waals surface area contributed by atoms with Crippen LogP contribution in [0.25, 0.3) is 0 Å². The van der Waals surface area contributed by atoms with Crippen LogP contribution in [0.1, 0.15) is 22.3 Å². The van der Waals surface area contributed by atoms with Crippen molar-refractivity contribution in [2.75, 3.05) is 5.75 Å². The average Bonchev–Trinajstić information content (AvgIpc) is 2.33. The second-order valence-electron chi connectivity index (χ2n) is 4.25. The molecular weight excluding hydrogens is 286 g/mol. The molecule has 0 saturated carbocycles. The Labute approximate surface area is 116 Å². The van der Waals surface area contributed by atoms with Gasteiger partial charge >= 0.3 is 5.97 Å². The van der Waals surface area contributed by atoms with E-state index in [1.165, 1.54) is 6.07 Å². The van der Waals surface area contributed by atoms with Crippen molar-refractivity contribution < 1.29 is 27.7 Å². The summed E-state index contributed by atoms with van der Waals surface area (Å²) in [7, 11) is -4.28. The molecule has 1 atom stereocenters. The number of carboxylic acids is 1. The summed E-state index contributed by atoms with van der Waals surface area (Å²) >= 11 is 0. The SMILES string of the molecule is Cc1ccccc1C(=O)N[C@@H](CCS(=O)(=O)O)C(=O)O. The number of hydrogen-bond donors (Lipinski definition) is 3. The summed E-state index contributed by atoms with van der Waals surface area (Å²) in [6.45, 7) is 1.70. The van der Waals surface area contributed by atoms with E-state index in [1.54, 1.807) is 25.1 Å². The molecule has 110 valence electrons. The zero-order valence-corrected chi connectivity index (χ0v) is 11.6. The zero-order valence-electron chi connectivity index (χ0n) is 10.7. The van der Waals surface area contributed by atoms with Gasteiger partial charge in [0, 0.05) is 5.56 Å². The Balaban J connectivity index is 2.79. The van der Waals surface area contributed by atoms with Crippen LogP contribution >= 0.6 is 0 Å². The quantitative estimate of drug-likeness (QED) is 0.656. The van der Waals surface area contributed by atoms with Gasteiger partial charge in [-0.25, -0.2) is 4.79 Å². The lowest BCUT2D eigenvalue weighted by molar-refractivity contribution is -0.139.